The largest absolute Gasteiger partial charge is 0.310 e. The van der Waals surface area contributed by atoms with E-state index in [9.17, 15) is 0 Å². The average Bonchev–Trinajstić information content (AvgIpc) is 3.62. The molecule has 0 radical (unpaired) electrons. The smallest absolute Gasteiger partial charge is 0.0540 e. The molecule has 0 saturated carbocycles. The third-order valence-corrected chi connectivity index (χ3v) is 13.9. The van der Waals surface area contributed by atoms with Crippen molar-refractivity contribution in [1.29, 1.82) is 0 Å². The van der Waals surface area contributed by atoms with Crippen molar-refractivity contribution in [3.8, 4) is 44.5 Å². The van der Waals surface area contributed by atoms with Crippen molar-refractivity contribution in [3.05, 3.63) is 266 Å². The van der Waals surface area contributed by atoms with Crippen molar-refractivity contribution in [2.24, 2.45) is 0 Å². The first-order chi connectivity index (χ1) is 33.0. The molecule has 12 rings (SSSR count). The molecule has 0 unspecified atom stereocenters. The number of fused-ring (bicyclic) bond motifs is 5. The molecule has 11 aromatic rings. The number of nitrogens with zero attached hydrogens (tertiary/aromatic N) is 2. The van der Waals surface area contributed by atoms with Crippen LogP contribution < -0.4 is 9.80 Å². The maximum atomic E-state index is 2.44. The third-order valence-electron chi connectivity index (χ3n) is 13.9. The Hall–Kier alpha value is -8.46. The molecule has 2 nitrogen and oxygen atoms in total. The number of benzene rings is 11. The topological polar surface area (TPSA) is 6.48 Å². The van der Waals surface area contributed by atoms with E-state index in [1.807, 2.05) is 0 Å². The van der Waals surface area contributed by atoms with Gasteiger partial charge < -0.3 is 9.80 Å². The molecule has 2 heteroatoms. The number of hydrogen-bond acceptors (Lipinski definition) is 2. The Kier molecular flexibility index (Phi) is 9.88. The Balaban J connectivity index is 0.958. The summed E-state index contributed by atoms with van der Waals surface area (Å²) in [5.41, 5.74) is 19.2. The molecule has 0 spiro atoms. The van der Waals surface area contributed by atoms with Crippen LogP contribution in [0.2, 0.25) is 0 Å². The van der Waals surface area contributed by atoms with Crippen molar-refractivity contribution in [1.82, 2.24) is 0 Å². The second-order valence-electron chi connectivity index (χ2n) is 18.1. The quantitative estimate of drug-likeness (QED) is 0.143. The molecule has 0 aromatic heterocycles. The zero-order chi connectivity index (χ0) is 44.9. The highest BCUT2D eigenvalue weighted by Gasteiger charge is 2.36. The summed E-state index contributed by atoms with van der Waals surface area (Å²) in [4.78, 5) is 4.84. The minimum atomic E-state index is -0.115. The van der Waals surface area contributed by atoms with Gasteiger partial charge in [-0.3, -0.25) is 0 Å². The molecule has 0 fully saturated rings. The van der Waals surface area contributed by atoms with E-state index in [1.165, 1.54) is 77.2 Å². The van der Waals surface area contributed by atoms with Gasteiger partial charge >= 0.3 is 0 Å². The van der Waals surface area contributed by atoms with Crippen molar-refractivity contribution < 1.29 is 0 Å². The maximum Gasteiger partial charge on any atom is 0.0540 e. The second kappa shape index (κ2) is 16.5. The molecule has 0 bridgehead atoms. The molecule has 0 saturated heterocycles. The molecule has 318 valence electrons. The molecule has 1 aliphatic rings. The first-order valence-corrected chi connectivity index (χ1v) is 23.3. The number of hydrogen-bond donors (Lipinski definition) is 0. The highest BCUT2D eigenvalue weighted by Crippen LogP contribution is 2.51. The zero-order valence-corrected chi connectivity index (χ0v) is 37.6. The van der Waals surface area contributed by atoms with E-state index in [-0.39, 0.29) is 5.41 Å². The fourth-order valence-electron chi connectivity index (χ4n) is 10.5. The van der Waals surface area contributed by atoms with Crippen molar-refractivity contribution in [3.63, 3.8) is 0 Å². The predicted octanol–water partition coefficient (Wildman–Crippen LogP) is 18.2. The molecule has 11 aromatic carbocycles. The first-order valence-electron chi connectivity index (χ1n) is 23.3. The van der Waals surface area contributed by atoms with E-state index < -0.39 is 0 Å². The summed E-state index contributed by atoms with van der Waals surface area (Å²) in [7, 11) is 0. The van der Waals surface area contributed by atoms with E-state index in [0.29, 0.717) is 0 Å². The van der Waals surface area contributed by atoms with Gasteiger partial charge in [-0.05, 0) is 127 Å². The van der Waals surface area contributed by atoms with E-state index >= 15 is 0 Å². The van der Waals surface area contributed by atoms with Crippen molar-refractivity contribution >= 4 is 55.7 Å². The molecule has 1 aliphatic carbocycles. The summed E-state index contributed by atoms with van der Waals surface area (Å²) >= 11 is 0. The van der Waals surface area contributed by atoms with Crippen molar-refractivity contribution in [2.75, 3.05) is 9.80 Å². The van der Waals surface area contributed by atoms with Crippen LogP contribution in [-0.4, -0.2) is 0 Å². The van der Waals surface area contributed by atoms with E-state index in [4.69, 9.17) is 0 Å². The molecule has 67 heavy (non-hydrogen) atoms. The van der Waals surface area contributed by atoms with Gasteiger partial charge in [0, 0.05) is 38.9 Å². The van der Waals surface area contributed by atoms with Gasteiger partial charge in [-0.25, -0.2) is 0 Å². The third kappa shape index (κ3) is 7.06. The fraction of sp³-hybridized carbons (Fsp3) is 0.0462. The summed E-state index contributed by atoms with van der Waals surface area (Å²) in [5, 5.41) is 4.82. The van der Waals surface area contributed by atoms with E-state index in [2.05, 4.69) is 278 Å². The van der Waals surface area contributed by atoms with Crippen LogP contribution in [0.5, 0.6) is 0 Å². The fourth-order valence-corrected chi connectivity index (χ4v) is 10.5. The lowest BCUT2D eigenvalue weighted by atomic mass is 9.82. The molecule has 0 N–H and O–H groups in total. The zero-order valence-electron chi connectivity index (χ0n) is 37.6. The minimum Gasteiger partial charge on any atom is -0.310 e. The van der Waals surface area contributed by atoms with Gasteiger partial charge in [-0.1, -0.05) is 208 Å². The van der Waals surface area contributed by atoms with Crippen LogP contribution in [0.1, 0.15) is 25.0 Å². The molecular weight excluding hydrogens is 809 g/mol. The van der Waals surface area contributed by atoms with Crippen LogP contribution in [0.4, 0.5) is 34.1 Å². The molecule has 0 atom stereocenters. The van der Waals surface area contributed by atoms with Crippen LogP contribution in [-0.2, 0) is 5.41 Å². The first kappa shape index (κ1) is 40.1. The highest BCUT2D eigenvalue weighted by atomic mass is 15.1. The number of anilines is 6. The Morgan fingerprint density at radius 1 is 0.269 bits per heavy atom. The van der Waals surface area contributed by atoms with Gasteiger partial charge in [0.1, 0.15) is 0 Å². The summed E-state index contributed by atoms with van der Waals surface area (Å²) in [6, 6.07) is 93.1. The molecular formula is C65H48N2. The van der Waals surface area contributed by atoms with E-state index in [0.717, 1.165) is 34.1 Å². The lowest BCUT2D eigenvalue weighted by Gasteiger charge is -2.29. The Labute approximate surface area is 393 Å². The average molecular weight is 857 g/mol. The van der Waals surface area contributed by atoms with Crippen LogP contribution in [0.25, 0.3) is 66.1 Å². The minimum absolute atomic E-state index is 0.115. The Morgan fingerprint density at radius 2 is 0.701 bits per heavy atom. The summed E-state index contributed by atoms with van der Waals surface area (Å²) in [6.07, 6.45) is 0. The lowest BCUT2D eigenvalue weighted by Crippen LogP contribution is -2.16. The van der Waals surface area contributed by atoms with Crippen LogP contribution in [0.3, 0.4) is 0 Å². The maximum absolute atomic E-state index is 2.44. The molecule has 0 amide bonds. The van der Waals surface area contributed by atoms with Crippen LogP contribution in [0.15, 0.2) is 255 Å². The summed E-state index contributed by atoms with van der Waals surface area (Å²) in [5.74, 6) is 0. The van der Waals surface area contributed by atoms with Gasteiger partial charge in [0.2, 0.25) is 0 Å². The number of rotatable bonds is 9. The lowest BCUT2D eigenvalue weighted by molar-refractivity contribution is 0.660. The molecule has 0 aliphatic heterocycles. The summed E-state index contributed by atoms with van der Waals surface area (Å²) in [6.45, 7) is 4.72. The second-order valence-corrected chi connectivity index (χ2v) is 18.1. The van der Waals surface area contributed by atoms with Crippen LogP contribution >= 0.6 is 0 Å². The van der Waals surface area contributed by atoms with E-state index in [1.54, 1.807) is 0 Å². The normalized spacial score (nSPS) is 12.4. The summed E-state index contributed by atoms with van der Waals surface area (Å²) < 4.78 is 0. The Morgan fingerprint density at radius 3 is 1.34 bits per heavy atom. The Bertz CT molecular complexity index is 3490. The van der Waals surface area contributed by atoms with Crippen molar-refractivity contribution in [2.45, 2.75) is 19.3 Å². The monoisotopic (exact) mass is 856 g/mol. The predicted molar refractivity (Wildman–Crippen MR) is 285 cm³/mol. The van der Waals surface area contributed by atoms with Gasteiger partial charge in [0.25, 0.3) is 0 Å². The van der Waals surface area contributed by atoms with Gasteiger partial charge in [-0.15, -0.1) is 0 Å². The van der Waals surface area contributed by atoms with Gasteiger partial charge in [0.05, 0.1) is 11.4 Å². The van der Waals surface area contributed by atoms with Gasteiger partial charge in [-0.2, -0.15) is 0 Å². The van der Waals surface area contributed by atoms with Gasteiger partial charge in [0.15, 0.2) is 0 Å². The SMILES string of the molecule is CC1(C)c2ccccc2-c2ccc(N(c3ccc(-c4ccc(N(c5ccc(-c6ccccc6)cc5)c5ccc(-c6ccccc6)cc5)c5ccccc45)cc3)c3cccc4ccccc34)cc21. The van der Waals surface area contributed by atoms with Crippen LogP contribution in [0, 0.1) is 0 Å². The highest BCUT2D eigenvalue weighted by molar-refractivity contribution is 6.07. The standard InChI is InChI=1S/C65H48N2/c1-65(2)61-26-14-13-24-58(61)59-41-40-54(44-62(59)65)67(63-27-15-21-49-20-9-10-22-56(49)63)53-38-32-50(33-39-53)55-42-43-64(60-25-12-11-23-57(55)60)66(51-34-28-47(29-35-51)45-16-5-3-6-17-45)52-36-30-48(31-37-52)46-18-7-4-8-19-46/h3-44H,1-2H3. The molecule has 0 heterocycles.